The Balaban J connectivity index is 1.62. The molecule has 0 saturated heterocycles. The highest BCUT2D eigenvalue weighted by Crippen LogP contribution is 2.24. The Morgan fingerprint density at radius 1 is 0.967 bits per heavy atom. The summed E-state index contributed by atoms with van der Waals surface area (Å²) in [5.74, 6) is -1.01. The van der Waals surface area contributed by atoms with Gasteiger partial charge in [-0.15, -0.1) is 0 Å². The van der Waals surface area contributed by atoms with E-state index in [1.807, 2.05) is 24.3 Å². The van der Waals surface area contributed by atoms with Gasteiger partial charge in [0.15, 0.2) is 6.61 Å². The predicted octanol–water partition coefficient (Wildman–Crippen LogP) is 4.91. The summed E-state index contributed by atoms with van der Waals surface area (Å²) in [6, 6.07) is 16.9. The van der Waals surface area contributed by atoms with Crippen molar-refractivity contribution < 1.29 is 27.5 Å². The van der Waals surface area contributed by atoms with E-state index in [9.17, 15) is 22.8 Å². The lowest BCUT2D eigenvalue weighted by molar-refractivity contribution is -0.123. The van der Waals surface area contributed by atoms with Gasteiger partial charge in [-0.25, -0.2) is 0 Å². The Kier molecular flexibility index (Phi) is 6.61. The van der Waals surface area contributed by atoms with E-state index in [2.05, 4.69) is 21.2 Å². The van der Waals surface area contributed by atoms with Gasteiger partial charge in [-0.2, -0.15) is 13.2 Å². The van der Waals surface area contributed by atoms with Crippen molar-refractivity contribution in [1.82, 2.24) is 5.32 Å². The van der Waals surface area contributed by atoms with Crippen LogP contribution in [-0.4, -0.2) is 31.1 Å². The maximum Gasteiger partial charge on any atom is 0.405 e. The van der Waals surface area contributed by atoms with E-state index in [4.69, 9.17) is 4.74 Å². The maximum absolute atomic E-state index is 12.3. The van der Waals surface area contributed by atoms with Gasteiger partial charge in [0.05, 0.1) is 11.3 Å². The molecule has 0 spiro atoms. The first-order chi connectivity index (χ1) is 14.2. The van der Waals surface area contributed by atoms with Gasteiger partial charge in [-0.1, -0.05) is 40.2 Å². The van der Waals surface area contributed by atoms with Crippen LogP contribution in [0, 0.1) is 0 Å². The first-order valence-electron chi connectivity index (χ1n) is 8.77. The molecule has 0 fully saturated rings. The van der Waals surface area contributed by atoms with E-state index < -0.39 is 24.5 Å². The number of alkyl halides is 3. The van der Waals surface area contributed by atoms with Gasteiger partial charge >= 0.3 is 6.18 Å². The molecule has 30 heavy (non-hydrogen) atoms. The van der Waals surface area contributed by atoms with Crippen LogP contribution in [0.15, 0.2) is 65.1 Å². The molecule has 2 N–H and O–H groups in total. The van der Waals surface area contributed by atoms with Crippen LogP contribution >= 0.6 is 15.9 Å². The molecule has 5 nitrogen and oxygen atoms in total. The van der Waals surface area contributed by atoms with Gasteiger partial charge in [-0.05, 0) is 47.2 Å². The van der Waals surface area contributed by atoms with Crippen LogP contribution in [0.25, 0.3) is 10.8 Å². The number of hydrogen-bond donors (Lipinski definition) is 2. The first-order valence-corrected chi connectivity index (χ1v) is 9.56. The number of anilines is 1. The second-order valence-corrected chi connectivity index (χ2v) is 7.25. The quantitative estimate of drug-likeness (QED) is 0.526. The van der Waals surface area contributed by atoms with E-state index in [1.165, 1.54) is 18.2 Å². The van der Waals surface area contributed by atoms with Crippen LogP contribution in [0.4, 0.5) is 18.9 Å². The highest BCUT2D eigenvalue weighted by molar-refractivity contribution is 9.10. The third-order valence-corrected chi connectivity index (χ3v) is 4.53. The minimum Gasteiger partial charge on any atom is -0.484 e. The number of rotatable bonds is 6. The van der Waals surface area contributed by atoms with Crippen molar-refractivity contribution in [3.8, 4) is 5.75 Å². The second-order valence-electron chi connectivity index (χ2n) is 6.33. The molecule has 0 radical (unpaired) electrons. The summed E-state index contributed by atoms with van der Waals surface area (Å²) < 4.78 is 43.4. The van der Waals surface area contributed by atoms with Gasteiger partial charge in [0.2, 0.25) is 0 Å². The minimum atomic E-state index is -4.53. The molecule has 2 amide bonds. The summed E-state index contributed by atoms with van der Waals surface area (Å²) in [5.41, 5.74) is 0.0144. The number of ether oxygens (including phenoxy) is 1. The SMILES string of the molecule is O=C(COc1ccc2cc(Br)ccc2c1)Nc1ccccc1C(=O)NCC(F)(F)F. The van der Waals surface area contributed by atoms with E-state index in [0.717, 1.165) is 15.2 Å². The molecule has 0 aliphatic carbocycles. The second kappa shape index (κ2) is 9.17. The third kappa shape index (κ3) is 5.96. The molecule has 0 aromatic heterocycles. The Morgan fingerprint density at radius 2 is 1.67 bits per heavy atom. The minimum absolute atomic E-state index is 0.0774. The summed E-state index contributed by atoms with van der Waals surface area (Å²) in [7, 11) is 0. The lowest BCUT2D eigenvalue weighted by Gasteiger charge is -2.13. The molecule has 0 unspecified atom stereocenters. The lowest BCUT2D eigenvalue weighted by atomic mass is 10.1. The largest absolute Gasteiger partial charge is 0.484 e. The van der Waals surface area contributed by atoms with Crippen molar-refractivity contribution in [2.45, 2.75) is 6.18 Å². The van der Waals surface area contributed by atoms with Gasteiger partial charge < -0.3 is 15.4 Å². The zero-order chi connectivity index (χ0) is 21.7. The van der Waals surface area contributed by atoms with Crippen molar-refractivity contribution in [2.24, 2.45) is 0 Å². The molecule has 0 saturated carbocycles. The summed E-state index contributed by atoms with van der Waals surface area (Å²) in [6.07, 6.45) is -4.53. The van der Waals surface area contributed by atoms with E-state index >= 15 is 0 Å². The number of carbonyl (C=O) groups is 2. The van der Waals surface area contributed by atoms with Gasteiger partial charge in [-0.3, -0.25) is 9.59 Å². The molecule has 0 aliphatic heterocycles. The molecule has 0 bridgehead atoms. The fraction of sp³-hybridized carbons (Fsp3) is 0.143. The number of benzene rings is 3. The molecule has 0 atom stereocenters. The molecule has 3 aromatic carbocycles. The van der Waals surface area contributed by atoms with Crippen LogP contribution in [0.2, 0.25) is 0 Å². The molecule has 9 heteroatoms. The fourth-order valence-corrected chi connectivity index (χ4v) is 3.06. The maximum atomic E-state index is 12.3. The van der Waals surface area contributed by atoms with Crippen LogP contribution in [0.5, 0.6) is 5.75 Å². The van der Waals surface area contributed by atoms with Crippen LogP contribution < -0.4 is 15.4 Å². The Bertz CT molecular complexity index is 1090. The average Bonchev–Trinajstić information content (AvgIpc) is 2.70. The molecular weight excluding hydrogens is 465 g/mol. The van der Waals surface area contributed by atoms with Crippen molar-refractivity contribution in [3.63, 3.8) is 0 Å². The predicted molar refractivity (Wildman–Crippen MR) is 111 cm³/mol. The number of amides is 2. The number of hydrogen-bond acceptors (Lipinski definition) is 3. The summed E-state index contributed by atoms with van der Waals surface area (Å²) in [4.78, 5) is 24.3. The number of fused-ring (bicyclic) bond motifs is 1. The number of nitrogens with one attached hydrogen (secondary N) is 2. The van der Waals surface area contributed by atoms with E-state index in [0.29, 0.717) is 5.75 Å². The number of halogens is 4. The molecule has 0 aliphatic rings. The zero-order valence-corrected chi connectivity index (χ0v) is 17.0. The fourth-order valence-electron chi connectivity index (χ4n) is 2.69. The average molecular weight is 481 g/mol. The topological polar surface area (TPSA) is 67.4 Å². The third-order valence-electron chi connectivity index (χ3n) is 4.04. The van der Waals surface area contributed by atoms with Crippen LogP contribution in [0.3, 0.4) is 0 Å². The number of carbonyl (C=O) groups excluding carboxylic acids is 2. The van der Waals surface area contributed by atoms with Gasteiger partial charge in [0, 0.05) is 4.47 Å². The van der Waals surface area contributed by atoms with Crippen molar-refractivity contribution in [2.75, 3.05) is 18.5 Å². The van der Waals surface area contributed by atoms with E-state index in [-0.39, 0.29) is 17.9 Å². The van der Waals surface area contributed by atoms with Crippen LogP contribution in [-0.2, 0) is 4.79 Å². The highest BCUT2D eigenvalue weighted by atomic mass is 79.9. The molecule has 3 aromatic rings. The smallest absolute Gasteiger partial charge is 0.405 e. The lowest BCUT2D eigenvalue weighted by Crippen LogP contribution is -2.34. The standard InChI is InChI=1S/C21H16BrF3N2O3/c22-15-7-5-14-10-16(8-6-13(14)9-15)30-11-19(28)27-18-4-2-1-3-17(18)20(29)26-12-21(23,24)25/h1-10H,11-12H2,(H,26,29)(H,27,28). The Morgan fingerprint density at radius 3 is 2.43 bits per heavy atom. The first kappa shape index (κ1) is 21.6. The molecule has 0 heterocycles. The summed E-state index contributed by atoms with van der Waals surface area (Å²) in [6.45, 7) is -1.80. The molecule has 3 rings (SSSR count). The van der Waals surface area contributed by atoms with Crippen molar-refractivity contribution in [1.29, 1.82) is 0 Å². The summed E-state index contributed by atoms with van der Waals surface area (Å²) in [5, 5.41) is 6.21. The van der Waals surface area contributed by atoms with Gasteiger partial charge in [0.25, 0.3) is 11.8 Å². The Labute approximate surface area is 178 Å². The van der Waals surface area contributed by atoms with Crippen LogP contribution in [0.1, 0.15) is 10.4 Å². The number of para-hydroxylation sites is 1. The monoisotopic (exact) mass is 480 g/mol. The van der Waals surface area contributed by atoms with E-state index in [1.54, 1.807) is 23.5 Å². The molecular formula is C21H16BrF3N2O3. The summed E-state index contributed by atoms with van der Waals surface area (Å²) >= 11 is 3.40. The van der Waals surface area contributed by atoms with Crippen molar-refractivity contribution in [3.05, 3.63) is 70.7 Å². The van der Waals surface area contributed by atoms with Crippen molar-refractivity contribution >= 4 is 44.2 Å². The normalized spacial score (nSPS) is 11.2. The molecule has 156 valence electrons. The highest BCUT2D eigenvalue weighted by Gasteiger charge is 2.28. The zero-order valence-electron chi connectivity index (χ0n) is 15.4. The van der Waals surface area contributed by atoms with Gasteiger partial charge in [0.1, 0.15) is 12.3 Å². The Hall–Kier alpha value is -3.07.